The topological polar surface area (TPSA) is 49.8 Å². The largest absolute Gasteiger partial charge is 0.373 e. The minimum absolute atomic E-state index is 0.837. The lowest BCUT2D eigenvalue weighted by Gasteiger charge is -2.13. The summed E-state index contributed by atoms with van der Waals surface area (Å²) < 4.78 is 1.01. The molecule has 2 rings (SSSR count). The first-order valence-corrected chi connectivity index (χ1v) is 6.58. The number of nitrogens with zero attached hydrogens (tertiary/aromatic N) is 2. The van der Waals surface area contributed by atoms with E-state index in [9.17, 15) is 0 Å². The molecule has 2 aromatic rings. The maximum Gasteiger partial charge on any atom is 0.139 e. The number of benzene rings is 1. The minimum Gasteiger partial charge on any atom is -0.373 e. The van der Waals surface area contributed by atoms with Crippen molar-refractivity contribution >= 4 is 33.3 Å². The predicted octanol–water partition coefficient (Wildman–Crippen LogP) is 3.59. The summed E-state index contributed by atoms with van der Waals surface area (Å²) in [5.74, 6) is 1.70. The van der Waals surface area contributed by atoms with Gasteiger partial charge in [0.15, 0.2) is 0 Å². The van der Waals surface area contributed by atoms with Gasteiger partial charge in [0, 0.05) is 17.1 Å². The van der Waals surface area contributed by atoms with Crippen molar-refractivity contribution in [3.8, 4) is 0 Å². The minimum atomic E-state index is 0.837. The molecule has 2 N–H and O–H groups in total. The Morgan fingerprint density at radius 2 is 1.89 bits per heavy atom. The van der Waals surface area contributed by atoms with Gasteiger partial charge in [0.25, 0.3) is 0 Å². The molecular weight excluding hydrogens is 292 g/mol. The Morgan fingerprint density at radius 3 is 2.56 bits per heavy atom. The Kier molecular flexibility index (Phi) is 4.15. The summed E-state index contributed by atoms with van der Waals surface area (Å²) in [6.07, 6.45) is 2.42. The number of rotatable bonds is 4. The number of anilines is 3. The van der Waals surface area contributed by atoms with Crippen LogP contribution in [-0.2, 0) is 6.42 Å². The summed E-state index contributed by atoms with van der Waals surface area (Å²) in [6.45, 7) is 2.09. The van der Waals surface area contributed by atoms with Crippen LogP contribution in [0.4, 0.5) is 17.3 Å². The van der Waals surface area contributed by atoms with Gasteiger partial charge in [-0.05, 0) is 34.5 Å². The second-order valence-electron chi connectivity index (χ2n) is 3.76. The lowest BCUT2D eigenvalue weighted by molar-refractivity contribution is 1.05. The van der Waals surface area contributed by atoms with Crippen LogP contribution in [0, 0.1) is 0 Å². The van der Waals surface area contributed by atoms with Gasteiger partial charge in [-0.1, -0.05) is 19.1 Å². The molecule has 0 radical (unpaired) electrons. The Bertz CT molecular complexity index is 542. The molecule has 0 spiro atoms. The molecule has 0 aliphatic heterocycles. The summed E-state index contributed by atoms with van der Waals surface area (Å²) in [7, 11) is 1.86. The van der Waals surface area contributed by atoms with E-state index in [-0.39, 0.29) is 0 Å². The van der Waals surface area contributed by atoms with Crippen molar-refractivity contribution in [2.75, 3.05) is 17.7 Å². The van der Waals surface area contributed by atoms with Crippen molar-refractivity contribution in [2.24, 2.45) is 0 Å². The monoisotopic (exact) mass is 306 g/mol. The van der Waals surface area contributed by atoms with Crippen LogP contribution < -0.4 is 10.6 Å². The molecule has 0 atom stereocenters. The molecule has 0 saturated carbocycles. The first-order chi connectivity index (χ1) is 8.76. The van der Waals surface area contributed by atoms with Gasteiger partial charge in [-0.2, -0.15) is 0 Å². The molecule has 18 heavy (non-hydrogen) atoms. The standard InChI is InChI=1S/C13H15BrN4/c1-3-9-12(15-2)16-8-17-13(9)18-11-7-5-4-6-10(11)14/h4-8H,3H2,1-2H3,(H2,15,16,17,18). The van der Waals surface area contributed by atoms with E-state index in [4.69, 9.17) is 0 Å². The molecule has 1 heterocycles. The molecule has 94 valence electrons. The average molecular weight is 307 g/mol. The average Bonchev–Trinajstić information content (AvgIpc) is 2.41. The van der Waals surface area contributed by atoms with Crippen LogP contribution in [0.25, 0.3) is 0 Å². The second-order valence-corrected chi connectivity index (χ2v) is 4.61. The third-order valence-corrected chi connectivity index (χ3v) is 3.35. The van der Waals surface area contributed by atoms with Crippen LogP contribution in [-0.4, -0.2) is 17.0 Å². The molecule has 1 aromatic carbocycles. The van der Waals surface area contributed by atoms with Crippen molar-refractivity contribution in [1.82, 2.24) is 9.97 Å². The summed E-state index contributed by atoms with van der Waals surface area (Å²) in [4.78, 5) is 8.53. The quantitative estimate of drug-likeness (QED) is 0.906. The van der Waals surface area contributed by atoms with Crippen LogP contribution >= 0.6 is 15.9 Å². The van der Waals surface area contributed by atoms with Crippen molar-refractivity contribution in [1.29, 1.82) is 0 Å². The number of halogens is 1. The summed E-state index contributed by atoms with van der Waals surface area (Å²) >= 11 is 3.51. The number of para-hydroxylation sites is 1. The Balaban J connectivity index is 2.37. The van der Waals surface area contributed by atoms with Crippen molar-refractivity contribution in [2.45, 2.75) is 13.3 Å². The highest BCUT2D eigenvalue weighted by molar-refractivity contribution is 9.10. The normalized spacial score (nSPS) is 10.2. The van der Waals surface area contributed by atoms with E-state index in [1.54, 1.807) is 6.33 Å². The fraction of sp³-hybridized carbons (Fsp3) is 0.231. The van der Waals surface area contributed by atoms with Gasteiger partial charge < -0.3 is 10.6 Å². The first kappa shape index (κ1) is 12.8. The second kappa shape index (κ2) is 5.82. The van der Waals surface area contributed by atoms with Crippen LogP contribution in [0.1, 0.15) is 12.5 Å². The lowest BCUT2D eigenvalue weighted by Crippen LogP contribution is -2.05. The first-order valence-electron chi connectivity index (χ1n) is 5.79. The van der Waals surface area contributed by atoms with E-state index in [2.05, 4.69) is 43.5 Å². The Hall–Kier alpha value is -1.62. The summed E-state index contributed by atoms with van der Waals surface area (Å²) in [5, 5.41) is 6.41. The zero-order valence-corrected chi connectivity index (χ0v) is 12.0. The zero-order valence-electron chi connectivity index (χ0n) is 10.4. The molecule has 5 heteroatoms. The highest BCUT2D eigenvalue weighted by Gasteiger charge is 2.09. The smallest absolute Gasteiger partial charge is 0.139 e. The molecule has 0 aliphatic rings. The molecule has 0 fully saturated rings. The third kappa shape index (κ3) is 2.61. The fourth-order valence-corrected chi connectivity index (χ4v) is 2.14. The van der Waals surface area contributed by atoms with Crippen LogP contribution in [0.2, 0.25) is 0 Å². The van der Waals surface area contributed by atoms with Crippen LogP contribution in [0.3, 0.4) is 0 Å². The van der Waals surface area contributed by atoms with E-state index < -0.39 is 0 Å². The van der Waals surface area contributed by atoms with E-state index in [1.807, 2.05) is 31.3 Å². The molecule has 0 aliphatic carbocycles. The van der Waals surface area contributed by atoms with Gasteiger partial charge in [0.1, 0.15) is 18.0 Å². The van der Waals surface area contributed by atoms with Gasteiger partial charge in [-0.15, -0.1) is 0 Å². The maximum atomic E-state index is 4.31. The lowest BCUT2D eigenvalue weighted by atomic mass is 10.2. The van der Waals surface area contributed by atoms with Crippen molar-refractivity contribution in [3.05, 3.63) is 40.6 Å². The predicted molar refractivity (Wildman–Crippen MR) is 78.4 cm³/mol. The number of aromatic nitrogens is 2. The molecule has 0 bridgehead atoms. The zero-order chi connectivity index (χ0) is 13.0. The van der Waals surface area contributed by atoms with Crippen LogP contribution in [0.5, 0.6) is 0 Å². The fourth-order valence-electron chi connectivity index (χ4n) is 1.76. The Morgan fingerprint density at radius 1 is 1.17 bits per heavy atom. The molecule has 1 aromatic heterocycles. The number of nitrogens with one attached hydrogen (secondary N) is 2. The van der Waals surface area contributed by atoms with E-state index in [0.717, 1.165) is 33.8 Å². The molecule has 4 nitrogen and oxygen atoms in total. The molecular formula is C13H15BrN4. The van der Waals surface area contributed by atoms with Gasteiger partial charge in [0.05, 0.1) is 5.69 Å². The molecule has 0 amide bonds. The highest BCUT2D eigenvalue weighted by Crippen LogP contribution is 2.28. The van der Waals surface area contributed by atoms with Gasteiger partial charge in [0.2, 0.25) is 0 Å². The molecule has 0 saturated heterocycles. The maximum absolute atomic E-state index is 4.31. The summed E-state index contributed by atoms with van der Waals surface area (Å²) in [6, 6.07) is 7.96. The number of hydrogen-bond donors (Lipinski definition) is 2. The van der Waals surface area contributed by atoms with Crippen LogP contribution in [0.15, 0.2) is 35.1 Å². The highest BCUT2D eigenvalue weighted by atomic mass is 79.9. The Labute approximate surface area is 115 Å². The van der Waals surface area contributed by atoms with Crippen molar-refractivity contribution in [3.63, 3.8) is 0 Å². The third-order valence-electron chi connectivity index (χ3n) is 2.66. The molecule has 0 unspecified atom stereocenters. The van der Waals surface area contributed by atoms with E-state index in [1.165, 1.54) is 0 Å². The van der Waals surface area contributed by atoms with Gasteiger partial charge in [-0.3, -0.25) is 0 Å². The van der Waals surface area contributed by atoms with Crippen molar-refractivity contribution < 1.29 is 0 Å². The van der Waals surface area contributed by atoms with Gasteiger partial charge >= 0.3 is 0 Å². The SMILES string of the molecule is CCc1c(NC)ncnc1Nc1ccccc1Br. The van der Waals surface area contributed by atoms with E-state index >= 15 is 0 Å². The van der Waals surface area contributed by atoms with E-state index in [0.29, 0.717) is 0 Å². The summed E-state index contributed by atoms with van der Waals surface area (Å²) in [5.41, 5.74) is 2.07. The van der Waals surface area contributed by atoms with Gasteiger partial charge in [-0.25, -0.2) is 9.97 Å². The number of hydrogen-bond acceptors (Lipinski definition) is 4.